The number of thiazole rings is 1. The van der Waals surface area contributed by atoms with Gasteiger partial charge in [0.2, 0.25) is 5.79 Å². The van der Waals surface area contributed by atoms with E-state index in [2.05, 4.69) is 20.4 Å². The molecule has 158 valence electrons. The summed E-state index contributed by atoms with van der Waals surface area (Å²) in [5.41, 5.74) is 8.51. The van der Waals surface area contributed by atoms with Gasteiger partial charge in [-0.05, 0) is 25.0 Å². The fraction of sp³-hybridized carbons (Fsp3) is 0.368. The number of aromatic nitrogens is 4. The van der Waals surface area contributed by atoms with E-state index in [-0.39, 0.29) is 29.4 Å². The lowest BCUT2D eigenvalue weighted by atomic mass is 9.99. The van der Waals surface area contributed by atoms with Crippen LogP contribution in [0.25, 0.3) is 11.4 Å². The third-order valence-corrected chi connectivity index (χ3v) is 5.52. The molecule has 0 aliphatic carbocycles. The van der Waals surface area contributed by atoms with Gasteiger partial charge in [0.25, 0.3) is 5.91 Å². The number of carbonyl (C=O) groups is 1. The third kappa shape index (κ3) is 3.60. The molecule has 3 N–H and O–H groups in total. The molecule has 30 heavy (non-hydrogen) atoms. The summed E-state index contributed by atoms with van der Waals surface area (Å²) >= 11 is 1.29. The predicted octanol–water partition coefficient (Wildman–Crippen LogP) is 2.71. The van der Waals surface area contributed by atoms with Crippen molar-refractivity contribution in [3.63, 3.8) is 0 Å². The number of hydrogen-bond acceptors (Lipinski definition) is 8. The molecular weight excluding hydrogens is 411 g/mol. The normalized spacial score (nSPS) is 19.0. The molecule has 1 unspecified atom stereocenters. The molecule has 3 aromatic heterocycles. The molecule has 0 aromatic carbocycles. The van der Waals surface area contributed by atoms with Crippen molar-refractivity contribution in [3.05, 3.63) is 46.4 Å². The first-order valence-electron chi connectivity index (χ1n) is 9.40. The molecular formula is C19H21FN6O3S. The molecule has 3 aromatic rings. The van der Waals surface area contributed by atoms with Crippen LogP contribution in [0.5, 0.6) is 0 Å². The van der Waals surface area contributed by atoms with Gasteiger partial charge in [0, 0.05) is 25.1 Å². The highest BCUT2D eigenvalue weighted by molar-refractivity contribution is 7.07. The molecule has 1 aliphatic heterocycles. The fourth-order valence-corrected chi connectivity index (χ4v) is 4.07. The maximum Gasteiger partial charge on any atom is 0.275 e. The Bertz CT molecular complexity index is 1030. The average molecular weight is 432 g/mol. The summed E-state index contributed by atoms with van der Waals surface area (Å²) in [6.45, 7) is 0.439. The lowest BCUT2D eigenvalue weighted by Gasteiger charge is -2.36. The van der Waals surface area contributed by atoms with Crippen molar-refractivity contribution < 1.29 is 18.7 Å². The Kier molecular flexibility index (Phi) is 5.86. The number of pyridine rings is 1. The summed E-state index contributed by atoms with van der Waals surface area (Å²) < 4.78 is 27.9. The van der Waals surface area contributed by atoms with Gasteiger partial charge in [-0.3, -0.25) is 9.78 Å². The van der Waals surface area contributed by atoms with Crippen LogP contribution >= 0.6 is 11.3 Å². The van der Waals surface area contributed by atoms with Crippen molar-refractivity contribution >= 4 is 22.9 Å². The average Bonchev–Trinajstić information content (AvgIpc) is 3.43. The minimum absolute atomic E-state index is 0.0124. The van der Waals surface area contributed by atoms with Crippen LogP contribution in [0.3, 0.4) is 0 Å². The zero-order chi connectivity index (χ0) is 21.1. The maximum atomic E-state index is 14.6. The van der Waals surface area contributed by atoms with Gasteiger partial charge < -0.3 is 20.5 Å². The van der Waals surface area contributed by atoms with E-state index in [1.54, 1.807) is 10.9 Å². The molecule has 0 saturated carbocycles. The van der Waals surface area contributed by atoms with Crippen LogP contribution in [-0.2, 0) is 21.9 Å². The van der Waals surface area contributed by atoms with Gasteiger partial charge in [-0.1, -0.05) is 0 Å². The second-order valence-electron chi connectivity index (χ2n) is 6.68. The molecule has 1 aliphatic rings. The first-order chi connectivity index (χ1) is 14.6. The van der Waals surface area contributed by atoms with Gasteiger partial charge in [-0.15, -0.1) is 11.3 Å². The summed E-state index contributed by atoms with van der Waals surface area (Å²) in [4.78, 5) is 21.0. The second-order valence-corrected chi connectivity index (χ2v) is 7.40. The Morgan fingerprint density at radius 2 is 2.30 bits per heavy atom. The molecule has 1 fully saturated rings. The number of hydrogen-bond donors (Lipinski definition) is 2. The summed E-state index contributed by atoms with van der Waals surface area (Å²) in [7, 11) is 1.52. The molecule has 4 heterocycles. The van der Waals surface area contributed by atoms with Crippen molar-refractivity contribution in [2.24, 2.45) is 5.73 Å². The van der Waals surface area contributed by atoms with E-state index in [9.17, 15) is 9.18 Å². The number of nitrogens with two attached hydrogens (primary N) is 1. The Hall–Kier alpha value is -2.73. The first-order valence-corrected chi connectivity index (χ1v) is 10.3. The number of anilines is 1. The van der Waals surface area contributed by atoms with E-state index < -0.39 is 17.5 Å². The highest BCUT2D eigenvalue weighted by Gasteiger charge is 2.43. The smallest absolute Gasteiger partial charge is 0.275 e. The Labute approximate surface area is 176 Å². The molecule has 0 radical (unpaired) electrons. The number of carbonyl (C=O) groups excluding carboxylic acids is 1. The molecule has 0 spiro atoms. The summed E-state index contributed by atoms with van der Waals surface area (Å²) in [6.07, 6.45) is 3.70. The minimum atomic E-state index is -1.18. The van der Waals surface area contributed by atoms with Crippen molar-refractivity contribution in [2.75, 3.05) is 19.0 Å². The second kappa shape index (κ2) is 8.56. The highest BCUT2D eigenvalue weighted by atomic mass is 32.1. The maximum absolute atomic E-state index is 14.6. The van der Waals surface area contributed by atoms with Crippen molar-refractivity contribution in [1.29, 1.82) is 0 Å². The van der Waals surface area contributed by atoms with Crippen LogP contribution in [-0.4, -0.2) is 39.4 Å². The van der Waals surface area contributed by atoms with Gasteiger partial charge in [-0.2, -0.15) is 5.10 Å². The number of nitrogens with zero attached hydrogens (tertiary/aromatic N) is 4. The molecule has 1 atom stereocenters. The van der Waals surface area contributed by atoms with Crippen LogP contribution in [0.2, 0.25) is 0 Å². The van der Waals surface area contributed by atoms with Crippen molar-refractivity contribution in [2.45, 2.75) is 31.7 Å². The predicted molar refractivity (Wildman–Crippen MR) is 108 cm³/mol. The van der Waals surface area contributed by atoms with Crippen LogP contribution < -0.4 is 11.1 Å². The van der Waals surface area contributed by atoms with Gasteiger partial charge in [-0.25, -0.2) is 14.1 Å². The number of halogens is 1. The largest absolute Gasteiger partial charge is 0.348 e. The summed E-state index contributed by atoms with van der Waals surface area (Å²) in [5.74, 6) is -2.22. The molecule has 4 rings (SSSR count). The third-order valence-electron chi connectivity index (χ3n) is 4.94. The van der Waals surface area contributed by atoms with Crippen LogP contribution in [0.15, 0.2) is 29.2 Å². The summed E-state index contributed by atoms with van der Waals surface area (Å²) in [5, 5.41) is 8.89. The van der Waals surface area contributed by atoms with E-state index in [0.29, 0.717) is 18.7 Å². The number of ether oxygens (including phenoxy) is 2. The molecule has 1 amide bonds. The van der Waals surface area contributed by atoms with Gasteiger partial charge in [0.1, 0.15) is 22.8 Å². The van der Waals surface area contributed by atoms with Crippen LogP contribution in [0.4, 0.5) is 10.1 Å². The molecule has 0 bridgehead atoms. The van der Waals surface area contributed by atoms with Gasteiger partial charge in [0.05, 0.1) is 24.5 Å². The van der Waals surface area contributed by atoms with Gasteiger partial charge >= 0.3 is 0 Å². The Morgan fingerprint density at radius 3 is 2.93 bits per heavy atom. The Balaban J connectivity index is 1.91. The minimum Gasteiger partial charge on any atom is -0.348 e. The lowest BCUT2D eigenvalue weighted by Crippen LogP contribution is -2.39. The monoisotopic (exact) mass is 432 g/mol. The first kappa shape index (κ1) is 20.5. The lowest BCUT2D eigenvalue weighted by molar-refractivity contribution is -0.255. The van der Waals surface area contributed by atoms with E-state index in [4.69, 9.17) is 15.2 Å². The molecule has 1 saturated heterocycles. The van der Waals surface area contributed by atoms with Crippen LogP contribution in [0.1, 0.15) is 35.4 Å². The zero-order valence-corrected chi connectivity index (χ0v) is 17.1. The SMILES string of the molecule is COC1(c2c(NC(=O)c3cscn3)c(-c3ncccc3F)nn2CN)CCCCO1. The van der Waals surface area contributed by atoms with E-state index >= 15 is 0 Å². The van der Waals surface area contributed by atoms with Crippen molar-refractivity contribution in [3.8, 4) is 11.4 Å². The van der Waals surface area contributed by atoms with E-state index in [0.717, 1.165) is 12.8 Å². The van der Waals surface area contributed by atoms with E-state index in [1.165, 1.54) is 41.5 Å². The van der Waals surface area contributed by atoms with Crippen molar-refractivity contribution in [1.82, 2.24) is 19.7 Å². The van der Waals surface area contributed by atoms with Crippen LogP contribution in [0, 0.1) is 5.82 Å². The number of amides is 1. The molecule has 11 heteroatoms. The Morgan fingerprint density at radius 1 is 1.43 bits per heavy atom. The number of methoxy groups -OCH3 is 1. The standard InChI is InChI=1S/C19H21FN6O3S/c1-28-19(6-2-3-8-29-19)17-16(24-18(27)13-9-30-11-23-13)15(25-26(17)10-21)14-12(20)5-4-7-22-14/h4-5,7,9,11H,2-3,6,8,10,21H2,1H3,(H,24,27). The highest BCUT2D eigenvalue weighted by Crippen LogP contribution is 2.43. The van der Waals surface area contributed by atoms with Gasteiger partial charge in [0.15, 0.2) is 5.82 Å². The quantitative estimate of drug-likeness (QED) is 0.615. The zero-order valence-electron chi connectivity index (χ0n) is 16.3. The fourth-order valence-electron chi connectivity index (χ4n) is 3.54. The molecule has 9 nitrogen and oxygen atoms in total. The number of nitrogens with one attached hydrogen (secondary N) is 1. The number of rotatable bonds is 6. The summed E-state index contributed by atoms with van der Waals surface area (Å²) in [6, 6.07) is 2.76. The topological polar surface area (TPSA) is 117 Å². The van der Waals surface area contributed by atoms with E-state index in [1.807, 2.05) is 0 Å².